The molecule has 1 heterocycles. The van der Waals surface area contributed by atoms with Gasteiger partial charge in [-0.1, -0.05) is 48.0 Å². The van der Waals surface area contributed by atoms with E-state index >= 15 is 0 Å². The lowest BCUT2D eigenvalue weighted by Gasteiger charge is -2.10. The molecule has 4 nitrogen and oxygen atoms in total. The average molecular weight is 353 g/mol. The molecule has 0 saturated heterocycles. The van der Waals surface area contributed by atoms with Gasteiger partial charge in [0.15, 0.2) is 0 Å². The second-order valence-electron chi connectivity index (χ2n) is 5.85. The molecule has 0 aliphatic rings. The molecule has 25 heavy (non-hydrogen) atoms. The second kappa shape index (κ2) is 8.49. The molecule has 5 heteroatoms. The Morgan fingerprint density at radius 1 is 0.960 bits per heavy atom. The van der Waals surface area contributed by atoms with E-state index in [2.05, 4.69) is 39.7 Å². The highest BCUT2D eigenvalue weighted by molar-refractivity contribution is 6.30. The van der Waals surface area contributed by atoms with E-state index in [1.807, 2.05) is 42.5 Å². The maximum atomic E-state index is 5.90. The van der Waals surface area contributed by atoms with Gasteiger partial charge in [-0.15, -0.1) is 0 Å². The highest BCUT2D eigenvalue weighted by Crippen LogP contribution is 2.12. The van der Waals surface area contributed by atoms with E-state index in [1.54, 1.807) is 6.20 Å². The molecule has 0 bridgehead atoms. The van der Waals surface area contributed by atoms with Crippen molar-refractivity contribution < 1.29 is 0 Å². The van der Waals surface area contributed by atoms with Crippen molar-refractivity contribution in [2.24, 2.45) is 0 Å². The normalized spacial score (nSPS) is 10.5. The van der Waals surface area contributed by atoms with Gasteiger partial charge in [0.1, 0.15) is 5.82 Å². The summed E-state index contributed by atoms with van der Waals surface area (Å²) in [6.07, 6.45) is 2.65. The van der Waals surface area contributed by atoms with E-state index in [9.17, 15) is 0 Å². The van der Waals surface area contributed by atoms with Gasteiger partial charge in [0.25, 0.3) is 0 Å². The van der Waals surface area contributed by atoms with Crippen molar-refractivity contribution in [3.05, 3.63) is 82.5 Å². The first kappa shape index (κ1) is 17.2. The van der Waals surface area contributed by atoms with Crippen LogP contribution in [-0.2, 0) is 13.0 Å². The summed E-state index contributed by atoms with van der Waals surface area (Å²) in [6.45, 7) is 3.62. The summed E-state index contributed by atoms with van der Waals surface area (Å²) in [5.41, 5.74) is 3.76. The molecule has 0 fully saturated rings. The SMILES string of the molecule is Cc1ccccc1CNc1ccnc(NCCc2ccc(Cl)cc2)n1. The van der Waals surface area contributed by atoms with Gasteiger partial charge < -0.3 is 10.6 Å². The summed E-state index contributed by atoms with van der Waals surface area (Å²) in [6, 6.07) is 18.1. The molecule has 3 aromatic rings. The van der Waals surface area contributed by atoms with Crippen LogP contribution >= 0.6 is 11.6 Å². The summed E-state index contributed by atoms with van der Waals surface area (Å²) >= 11 is 5.90. The molecule has 2 aromatic carbocycles. The Bertz CT molecular complexity index is 818. The fourth-order valence-electron chi connectivity index (χ4n) is 2.51. The van der Waals surface area contributed by atoms with Crippen LogP contribution in [-0.4, -0.2) is 16.5 Å². The highest BCUT2D eigenvalue weighted by atomic mass is 35.5. The molecule has 128 valence electrons. The number of aryl methyl sites for hydroxylation is 1. The molecule has 3 rings (SSSR count). The van der Waals surface area contributed by atoms with Crippen molar-refractivity contribution >= 4 is 23.4 Å². The number of halogens is 1. The molecule has 0 unspecified atom stereocenters. The average Bonchev–Trinajstić information content (AvgIpc) is 2.63. The Kier molecular flexibility index (Phi) is 5.86. The molecule has 0 atom stereocenters. The number of hydrogen-bond donors (Lipinski definition) is 2. The van der Waals surface area contributed by atoms with E-state index in [1.165, 1.54) is 16.7 Å². The predicted molar refractivity (Wildman–Crippen MR) is 104 cm³/mol. The Hall–Kier alpha value is -2.59. The van der Waals surface area contributed by atoms with Crippen molar-refractivity contribution in [2.75, 3.05) is 17.2 Å². The zero-order valence-corrected chi connectivity index (χ0v) is 14.9. The molecule has 0 radical (unpaired) electrons. The van der Waals surface area contributed by atoms with Gasteiger partial charge >= 0.3 is 0 Å². The number of hydrogen-bond acceptors (Lipinski definition) is 4. The zero-order valence-electron chi connectivity index (χ0n) is 14.2. The number of benzene rings is 2. The molecule has 0 aliphatic heterocycles. The first-order valence-electron chi connectivity index (χ1n) is 8.30. The number of rotatable bonds is 7. The molecule has 2 N–H and O–H groups in total. The van der Waals surface area contributed by atoms with Gasteiger partial charge in [-0.25, -0.2) is 4.98 Å². The smallest absolute Gasteiger partial charge is 0.224 e. The number of aromatic nitrogens is 2. The van der Waals surface area contributed by atoms with Crippen molar-refractivity contribution in [2.45, 2.75) is 19.9 Å². The van der Waals surface area contributed by atoms with Gasteiger partial charge in [-0.3, -0.25) is 0 Å². The number of nitrogens with zero attached hydrogens (tertiary/aromatic N) is 2. The van der Waals surface area contributed by atoms with Crippen LogP contribution in [0.1, 0.15) is 16.7 Å². The minimum Gasteiger partial charge on any atom is -0.366 e. The monoisotopic (exact) mass is 352 g/mol. The fourth-order valence-corrected chi connectivity index (χ4v) is 2.63. The summed E-state index contributed by atoms with van der Waals surface area (Å²) in [5, 5.41) is 7.37. The molecule has 1 aromatic heterocycles. The summed E-state index contributed by atoms with van der Waals surface area (Å²) < 4.78 is 0. The van der Waals surface area contributed by atoms with Crippen LogP contribution in [0, 0.1) is 6.92 Å². The number of anilines is 2. The third-order valence-electron chi connectivity index (χ3n) is 3.99. The molecule has 0 spiro atoms. The third kappa shape index (κ3) is 5.19. The third-order valence-corrected chi connectivity index (χ3v) is 4.24. The summed E-state index contributed by atoms with van der Waals surface area (Å²) in [5.74, 6) is 1.44. The Labute approximate surface area is 153 Å². The van der Waals surface area contributed by atoms with Gasteiger partial charge in [-0.2, -0.15) is 4.98 Å². The molecule has 0 amide bonds. The van der Waals surface area contributed by atoms with E-state index in [-0.39, 0.29) is 0 Å². The maximum Gasteiger partial charge on any atom is 0.224 e. The Balaban J connectivity index is 1.52. The van der Waals surface area contributed by atoms with Gasteiger partial charge in [0, 0.05) is 24.3 Å². The van der Waals surface area contributed by atoms with Crippen molar-refractivity contribution in [1.82, 2.24) is 9.97 Å². The summed E-state index contributed by atoms with van der Waals surface area (Å²) in [7, 11) is 0. The maximum absolute atomic E-state index is 5.90. The first-order chi connectivity index (χ1) is 12.2. The molecular weight excluding hydrogens is 332 g/mol. The quantitative estimate of drug-likeness (QED) is 0.646. The van der Waals surface area contributed by atoms with Crippen LogP contribution in [0.3, 0.4) is 0 Å². The Morgan fingerprint density at radius 2 is 1.76 bits per heavy atom. The number of nitrogens with one attached hydrogen (secondary N) is 2. The fraction of sp³-hybridized carbons (Fsp3) is 0.200. The molecule has 0 aliphatic carbocycles. The van der Waals surface area contributed by atoms with Crippen LogP contribution < -0.4 is 10.6 Å². The predicted octanol–water partition coefficient (Wildman–Crippen LogP) is 4.71. The second-order valence-corrected chi connectivity index (χ2v) is 6.29. The van der Waals surface area contributed by atoms with E-state index in [0.29, 0.717) is 5.95 Å². The lowest BCUT2D eigenvalue weighted by molar-refractivity contribution is 0.979. The Morgan fingerprint density at radius 3 is 2.56 bits per heavy atom. The van der Waals surface area contributed by atoms with E-state index in [0.717, 1.165) is 30.4 Å². The van der Waals surface area contributed by atoms with E-state index < -0.39 is 0 Å². The van der Waals surface area contributed by atoms with Crippen LogP contribution in [0.25, 0.3) is 0 Å². The largest absolute Gasteiger partial charge is 0.366 e. The highest BCUT2D eigenvalue weighted by Gasteiger charge is 2.01. The standard InChI is InChI=1S/C20H21ClN4/c1-15-4-2-3-5-17(15)14-24-19-11-13-23-20(25-19)22-12-10-16-6-8-18(21)9-7-16/h2-9,11,13H,10,12,14H2,1H3,(H2,22,23,24,25). The first-order valence-corrected chi connectivity index (χ1v) is 8.68. The van der Waals surface area contributed by atoms with Crippen molar-refractivity contribution in [1.29, 1.82) is 0 Å². The van der Waals surface area contributed by atoms with Crippen LogP contribution in [0.5, 0.6) is 0 Å². The summed E-state index contributed by atoms with van der Waals surface area (Å²) in [4.78, 5) is 8.78. The van der Waals surface area contributed by atoms with Crippen LogP contribution in [0.4, 0.5) is 11.8 Å². The topological polar surface area (TPSA) is 49.8 Å². The lowest BCUT2D eigenvalue weighted by atomic mass is 10.1. The van der Waals surface area contributed by atoms with Crippen molar-refractivity contribution in [3.8, 4) is 0 Å². The zero-order chi connectivity index (χ0) is 17.5. The van der Waals surface area contributed by atoms with E-state index in [4.69, 9.17) is 11.6 Å². The van der Waals surface area contributed by atoms with Gasteiger partial charge in [0.05, 0.1) is 0 Å². The minimum atomic E-state index is 0.628. The van der Waals surface area contributed by atoms with Crippen molar-refractivity contribution in [3.63, 3.8) is 0 Å². The van der Waals surface area contributed by atoms with Gasteiger partial charge in [-0.05, 0) is 48.2 Å². The van der Waals surface area contributed by atoms with Gasteiger partial charge in [0.2, 0.25) is 5.95 Å². The lowest BCUT2D eigenvalue weighted by Crippen LogP contribution is -2.09. The van der Waals surface area contributed by atoms with Crippen LogP contribution in [0.2, 0.25) is 5.02 Å². The molecular formula is C20H21ClN4. The van der Waals surface area contributed by atoms with Crippen LogP contribution in [0.15, 0.2) is 60.8 Å². The minimum absolute atomic E-state index is 0.628. The molecule has 0 saturated carbocycles.